The molecule has 0 heterocycles. The number of carbonyl (C=O) groups is 2. The topological polar surface area (TPSA) is 73.9 Å². The molecular formula is C19H20BrNO5. The summed E-state index contributed by atoms with van der Waals surface area (Å²) in [5.74, 6) is -0.0870. The summed E-state index contributed by atoms with van der Waals surface area (Å²) in [6.45, 7) is 3.82. The summed E-state index contributed by atoms with van der Waals surface area (Å²) < 4.78 is 16.4. The van der Waals surface area contributed by atoms with Gasteiger partial charge in [0.25, 0.3) is 5.91 Å². The van der Waals surface area contributed by atoms with E-state index in [0.717, 1.165) is 10.0 Å². The van der Waals surface area contributed by atoms with E-state index in [9.17, 15) is 9.59 Å². The van der Waals surface area contributed by atoms with Crippen molar-refractivity contribution >= 4 is 33.5 Å². The molecule has 0 aliphatic heterocycles. The first kappa shape index (κ1) is 19.8. The number of esters is 1. The lowest BCUT2D eigenvalue weighted by Crippen LogP contribution is -2.21. The van der Waals surface area contributed by atoms with Crippen LogP contribution in [0.15, 0.2) is 40.9 Å². The second-order valence-electron chi connectivity index (χ2n) is 5.41. The van der Waals surface area contributed by atoms with Gasteiger partial charge in [-0.05, 0) is 65.7 Å². The van der Waals surface area contributed by atoms with Gasteiger partial charge in [-0.15, -0.1) is 0 Å². The first-order valence-electron chi connectivity index (χ1n) is 7.98. The van der Waals surface area contributed by atoms with Crippen molar-refractivity contribution in [1.29, 1.82) is 0 Å². The maximum absolute atomic E-state index is 12.2. The monoisotopic (exact) mass is 421 g/mol. The summed E-state index contributed by atoms with van der Waals surface area (Å²) in [5.41, 5.74) is 1.95. The molecule has 0 spiro atoms. The van der Waals surface area contributed by atoms with Gasteiger partial charge in [0, 0.05) is 4.47 Å². The van der Waals surface area contributed by atoms with Crippen molar-refractivity contribution in [2.75, 3.05) is 25.6 Å². The molecule has 1 amide bonds. The maximum atomic E-state index is 12.2. The molecule has 0 aromatic heterocycles. The van der Waals surface area contributed by atoms with Gasteiger partial charge in [-0.3, -0.25) is 4.79 Å². The van der Waals surface area contributed by atoms with Crippen molar-refractivity contribution in [3.05, 3.63) is 52.0 Å². The third kappa shape index (κ3) is 5.23. The molecular weight excluding hydrogens is 402 g/mol. The highest BCUT2D eigenvalue weighted by atomic mass is 79.9. The van der Waals surface area contributed by atoms with Gasteiger partial charge in [-0.1, -0.05) is 6.07 Å². The van der Waals surface area contributed by atoms with Crippen molar-refractivity contribution < 1.29 is 23.8 Å². The minimum atomic E-state index is -0.619. The average Bonchev–Trinajstić information content (AvgIpc) is 2.62. The Hall–Kier alpha value is -2.54. The summed E-state index contributed by atoms with van der Waals surface area (Å²) in [6, 6.07) is 10.2. The smallest absolute Gasteiger partial charge is 0.338 e. The number of ether oxygens (including phenoxy) is 3. The Bertz CT molecular complexity index is 807. The van der Waals surface area contributed by atoms with Crippen LogP contribution >= 0.6 is 15.9 Å². The molecule has 0 saturated heterocycles. The third-order valence-corrected chi connectivity index (χ3v) is 4.09. The molecule has 2 rings (SSSR count). The van der Waals surface area contributed by atoms with Crippen LogP contribution in [0.3, 0.4) is 0 Å². The molecule has 0 aliphatic carbocycles. The largest absolute Gasteiger partial charge is 0.493 e. The molecule has 2 aromatic carbocycles. The van der Waals surface area contributed by atoms with Gasteiger partial charge in [0.15, 0.2) is 18.1 Å². The highest BCUT2D eigenvalue weighted by Gasteiger charge is 2.14. The van der Waals surface area contributed by atoms with Crippen LogP contribution in [0, 0.1) is 6.92 Å². The predicted molar refractivity (Wildman–Crippen MR) is 102 cm³/mol. The van der Waals surface area contributed by atoms with Gasteiger partial charge in [-0.2, -0.15) is 0 Å². The molecule has 0 fully saturated rings. The van der Waals surface area contributed by atoms with Gasteiger partial charge < -0.3 is 19.5 Å². The average molecular weight is 422 g/mol. The Labute approximate surface area is 160 Å². The number of halogens is 1. The lowest BCUT2D eigenvalue weighted by molar-refractivity contribution is -0.119. The fraction of sp³-hybridized carbons (Fsp3) is 0.263. The number of aryl methyl sites for hydroxylation is 1. The van der Waals surface area contributed by atoms with Gasteiger partial charge in [0.2, 0.25) is 0 Å². The van der Waals surface area contributed by atoms with E-state index >= 15 is 0 Å². The Kier molecular flexibility index (Phi) is 7.03. The fourth-order valence-electron chi connectivity index (χ4n) is 2.19. The fourth-order valence-corrected chi connectivity index (χ4v) is 2.79. The van der Waals surface area contributed by atoms with Crippen molar-refractivity contribution in [1.82, 2.24) is 0 Å². The standard InChI is InChI=1S/C19H20BrNO5/c1-4-25-17-10-13(6-8-16(17)24-3)19(23)26-11-18(22)21-15-7-5-12(2)9-14(15)20/h5-10H,4,11H2,1-3H3,(H,21,22). The van der Waals surface area contributed by atoms with Crippen LogP contribution in [0.5, 0.6) is 11.5 Å². The molecule has 0 unspecified atom stereocenters. The number of amides is 1. The van der Waals surface area contributed by atoms with E-state index in [4.69, 9.17) is 14.2 Å². The van der Waals surface area contributed by atoms with Crippen LogP contribution in [-0.4, -0.2) is 32.2 Å². The third-order valence-electron chi connectivity index (χ3n) is 3.43. The first-order valence-corrected chi connectivity index (χ1v) is 8.77. The number of benzene rings is 2. The second-order valence-corrected chi connectivity index (χ2v) is 6.26. The Morgan fingerprint density at radius 3 is 2.54 bits per heavy atom. The molecule has 138 valence electrons. The van der Waals surface area contributed by atoms with Crippen molar-refractivity contribution in [2.24, 2.45) is 0 Å². The summed E-state index contributed by atoms with van der Waals surface area (Å²) >= 11 is 3.38. The Balaban J connectivity index is 1.97. The van der Waals surface area contributed by atoms with E-state index in [1.807, 2.05) is 26.0 Å². The number of carbonyl (C=O) groups excluding carboxylic acids is 2. The molecule has 2 aromatic rings. The van der Waals surface area contributed by atoms with E-state index in [1.54, 1.807) is 18.2 Å². The van der Waals surface area contributed by atoms with E-state index in [-0.39, 0.29) is 5.56 Å². The number of methoxy groups -OCH3 is 1. The zero-order valence-electron chi connectivity index (χ0n) is 14.8. The lowest BCUT2D eigenvalue weighted by Gasteiger charge is -2.11. The van der Waals surface area contributed by atoms with Crippen molar-refractivity contribution in [3.8, 4) is 11.5 Å². The van der Waals surface area contributed by atoms with Gasteiger partial charge in [0.05, 0.1) is 25.0 Å². The lowest BCUT2D eigenvalue weighted by atomic mass is 10.2. The minimum Gasteiger partial charge on any atom is -0.493 e. The van der Waals surface area contributed by atoms with Gasteiger partial charge in [-0.25, -0.2) is 4.79 Å². The van der Waals surface area contributed by atoms with Crippen LogP contribution in [0.1, 0.15) is 22.8 Å². The van der Waals surface area contributed by atoms with E-state index in [2.05, 4.69) is 21.2 Å². The summed E-state index contributed by atoms with van der Waals surface area (Å²) in [4.78, 5) is 24.2. The zero-order valence-corrected chi connectivity index (χ0v) is 16.4. The van der Waals surface area contributed by atoms with E-state index in [1.165, 1.54) is 13.2 Å². The highest BCUT2D eigenvalue weighted by molar-refractivity contribution is 9.10. The maximum Gasteiger partial charge on any atom is 0.338 e. The molecule has 0 aliphatic rings. The normalized spacial score (nSPS) is 10.2. The summed E-state index contributed by atoms with van der Waals surface area (Å²) in [5, 5.41) is 2.69. The quantitative estimate of drug-likeness (QED) is 0.684. The SMILES string of the molecule is CCOc1cc(C(=O)OCC(=O)Nc2ccc(C)cc2Br)ccc1OC. The van der Waals surface area contributed by atoms with Crippen molar-refractivity contribution in [3.63, 3.8) is 0 Å². The van der Waals surface area contributed by atoms with Crippen LogP contribution in [0.4, 0.5) is 5.69 Å². The number of hydrogen-bond acceptors (Lipinski definition) is 5. The summed E-state index contributed by atoms with van der Waals surface area (Å²) in [6.07, 6.45) is 0. The minimum absolute atomic E-state index is 0.276. The van der Waals surface area contributed by atoms with E-state index in [0.29, 0.717) is 23.8 Å². The Morgan fingerprint density at radius 1 is 1.12 bits per heavy atom. The molecule has 0 radical (unpaired) electrons. The predicted octanol–water partition coefficient (Wildman–Crippen LogP) is 3.96. The highest BCUT2D eigenvalue weighted by Crippen LogP contribution is 2.28. The first-order chi connectivity index (χ1) is 12.4. The number of nitrogens with one attached hydrogen (secondary N) is 1. The van der Waals surface area contributed by atoms with Gasteiger partial charge >= 0.3 is 5.97 Å². The van der Waals surface area contributed by atoms with E-state index < -0.39 is 18.5 Å². The van der Waals surface area contributed by atoms with Crippen LogP contribution in [0.25, 0.3) is 0 Å². The molecule has 7 heteroatoms. The Morgan fingerprint density at radius 2 is 1.88 bits per heavy atom. The molecule has 0 bridgehead atoms. The number of rotatable bonds is 7. The second kappa shape index (κ2) is 9.24. The molecule has 26 heavy (non-hydrogen) atoms. The molecule has 0 atom stereocenters. The van der Waals surface area contributed by atoms with Crippen molar-refractivity contribution in [2.45, 2.75) is 13.8 Å². The van der Waals surface area contributed by atoms with Crippen LogP contribution in [-0.2, 0) is 9.53 Å². The van der Waals surface area contributed by atoms with Gasteiger partial charge in [0.1, 0.15) is 0 Å². The molecule has 0 saturated carbocycles. The van der Waals surface area contributed by atoms with Crippen LogP contribution < -0.4 is 14.8 Å². The summed E-state index contributed by atoms with van der Waals surface area (Å²) in [7, 11) is 1.52. The van der Waals surface area contributed by atoms with Crippen LogP contribution in [0.2, 0.25) is 0 Å². The number of anilines is 1. The molecule has 1 N–H and O–H groups in total. The molecule has 6 nitrogen and oxygen atoms in total. The zero-order chi connectivity index (χ0) is 19.1. The number of hydrogen-bond donors (Lipinski definition) is 1.